The molecule has 134 valence electrons. The first-order valence-corrected chi connectivity index (χ1v) is 10.6. The predicted molar refractivity (Wildman–Crippen MR) is 113 cm³/mol. The Morgan fingerprint density at radius 1 is 1.07 bits per heavy atom. The molecule has 1 N–H and O–H groups in total. The standard InChI is InChI=1S/C19H13BrN4OS2/c20-14-5-1-3-12(7-14)16-11-27-19(23-16)24-17(25)8-15-10-26-18(22-15)13-4-2-6-21-9-13/h1-7,9-11H,8H2,(H,23,24,25). The van der Waals surface area contributed by atoms with E-state index in [9.17, 15) is 4.79 Å². The van der Waals surface area contributed by atoms with Crippen LogP contribution >= 0.6 is 38.6 Å². The van der Waals surface area contributed by atoms with E-state index in [4.69, 9.17) is 0 Å². The number of nitrogens with zero attached hydrogens (tertiary/aromatic N) is 3. The molecule has 0 aliphatic heterocycles. The van der Waals surface area contributed by atoms with E-state index in [1.165, 1.54) is 22.7 Å². The number of thiazole rings is 2. The van der Waals surface area contributed by atoms with E-state index in [1.54, 1.807) is 12.4 Å². The number of aromatic nitrogens is 3. The first-order chi connectivity index (χ1) is 13.2. The van der Waals surface area contributed by atoms with Gasteiger partial charge in [0.2, 0.25) is 5.91 Å². The Hall–Kier alpha value is -2.42. The summed E-state index contributed by atoms with van der Waals surface area (Å²) >= 11 is 6.37. The number of benzene rings is 1. The topological polar surface area (TPSA) is 67.8 Å². The quantitative estimate of drug-likeness (QED) is 0.443. The van der Waals surface area contributed by atoms with Crippen molar-refractivity contribution in [2.45, 2.75) is 6.42 Å². The largest absolute Gasteiger partial charge is 0.302 e. The molecule has 0 atom stereocenters. The van der Waals surface area contributed by atoms with Crippen molar-refractivity contribution in [1.29, 1.82) is 0 Å². The van der Waals surface area contributed by atoms with Crippen LogP contribution in [-0.4, -0.2) is 20.9 Å². The molecule has 0 spiro atoms. The van der Waals surface area contributed by atoms with Gasteiger partial charge in [-0.2, -0.15) is 0 Å². The molecule has 0 saturated heterocycles. The summed E-state index contributed by atoms with van der Waals surface area (Å²) in [5.74, 6) is -0.131. The molecular weight excluding hydrogens is 444 g/mol. The summed E-state index contributed by atoms with van der Waals surface area (Å²) in [7, 11) is 0. The lowest BCUT2D eigenvalue weighted by molar-refractivity contribution is -0.115. The third-order valence-corrected chi connectivity index (χ3v) is 5.86. The van der Waals surface area contributed by atoms with Gasteiger partial charge < -0.3 is 5.32 Å². The first-order valence-electron chi connectivity index (χ1n) is 8.03. The fourth-order valence-corrected chi connectivity index (χ4v) is 4.40. The van der Waals surface area contributed by atoms with Crippen LogP contribution in [0.1, 0.15) is 5.69 Å². The predicted octanol–water partition coefficient (Wildman–Crippen LogP) is 5.27. The van der Waals surface area contributed by atoms with Gasteiger partial charge in [0.15, 0.2) is 5.13 Å². The Morgan fingerprint density at radius 3 is 2.78 bits per heavy atom. The zero-order valence-corrected chi connectivity index (χ0v) is 17.1. The van der Waals surface area contributed by atoms with Crippen LogP contribution in [0.15, 0.2) is 64.0 Å². The van der Waals surface area contributed by atoms with Crippen molar-refractivity contribution >= 4 is 49.6 Å². The molecule has 5 nitrogen and oxygen atoms in total. The number of hydrogen-bond donors (Lipinski definition) is 1. The minimum atomic E-state index is -0.131. The Balaban J connectivity index is 1.41. The van der Waals surface area contributed by atoms with E-state index in [-0.39, 0.29) is 12.3 Å². The molecule has 0 aliphatic rings. The summed E-state index contributed by atoms with van der Waals surface area (Å²) in [4.78, 5) is 25.4. The fourth-order valence-electron chi connectivity index (χ4n) is 2.45. The molecule has 1 aromatic carbocycles. The van der Waals surface area contributed by atoms with Crippen molar-refractivity contribution in [3.05, 3.63) is 69.7 Å². The zero-order chi connectivity index (χ0) is 18.6. The average molecular weight is 457 g/mol. The first kappa shape index (κ1) is 18.0. The van der Waals surface area contributed by atoms with Gasteiger partial charge in [0, 0.05) is 38.8 Å². The second kappa shape index (κ2) is 8.08. The second-order valence-electron chi connectivity index (χ2n) is 5.66. The molecule has 0 radical (unpaired) electrons. The number of nitrogens with one attached hydrogen (secondary N) is 1. The van der Waals surface area contributed by atoms with Crippen LogP contribution in [0.3, 0.4) is 0 Å². The van der Waals surface area contributed by atoms with Crippen molar-refractivity contribution in [1.82, 2.24) is 15.0 Å². The molecule has 4 rings (SSSR count). The Morgan fingerprint density at radius 2 is 1.96 bits per heavy atom. The van der Waals surface area contributed by atoms with Crippen LogP contribution in [0.5, 0.6) is 0 Å². The smallest absolute Gasteiger partial charge is 0.232 e. The van der Waals surface area contributed by atoms with E-state index in [2.05, 4.69) is 36.2 Å². The third-order valence-electron chi connectivity index (χ3n) is 3.67. The van der Waals surface area contributed by atoms with E-state index in [0.717, 1.165) is 32.0 Å². The van der Waals surface area contributed by atoms with Gasteiger partial charge >= 0.3 is 0 Å². The molecule has 27 heavy (non-hydrogen) atoms. The summed E-state index contributed by atoms with van der Waals surface area (Å²) in [6.45, 7) is 0. The molecule has 1 amide bonds. The van der Waals surface area contributed by atoms with Crippen LogP contribution in [0, 0.1) is 0 Å². The lowest BCUT2D eigenvalue weighted by Crippen LogP contribution is -2.14. The molecular formula is C19H13BrN4OS2. The van der Waals surface area contributed by atoms with Gasteiger partial charge in [-0.1, -0.05) is 28.1 Å². The van der Waals surface area contributed by atoms with Crippen LogP contribution in [0.4, 0.5) is 5.13 Å². The number of pyridine rings is 1. The van der Waals surface area contributed by atoms with Gasteiger partial charge in [-0.05, 0) is 24.3 Å². The van der Waals surface area contributed by atoms with Gasteiger partial charge in [-0.3, -0.25) is 9.78 Å². The summed E-state index contributed by atoms with van der Waals surface area (Å²) < 4.78 is 0.992. The third kappa shape index (κ3) is 4.47. The zero-order valence-electron chi connectivity index (χ0n) is 13.9. The molecule has 0 saturated carbocycles. The minimum Gasteiger partial charge on any atom is -0.302 e. The van der Waals surface area contributed by atoms with E-state index in [1.807, 2.05) is 47.2 Å². The van der Waals surface area contributed by atoms with Crippen LogP contribution in [-0.2, 0) is 11.2 Å². The van der Waals surface area contributed by atoms with Crippen LogP contribution in [0.25, 0.3) is 21.8 Å². The Bertz CT molecular complexity index is 1080. The molecule has 4 aromatic rings. The molecule has 3 aromatic heterocycles. The number of hydrogen-bond acceptors (Lipinski definition) is 6. The number of carbonyl (C=O) groups excluding carboxylic acids is 1. The van der Waals surface area contributed by atoms with Gasteiger partial charge in [0.1, 0.15) is 5.01 Å². The number of rotatable bonds is 5. The van der Waals surface area contributed by atoms with E-state index >= 15 is 0 Å². The molecule has 0 unspecified atom stereocenters. The maximum absolute atomic E-state index is 12.3. The highest BCUT2D eigenvalue weighted by Gasteiger charge is 2.12. The highest BCUT2D eigenvalue weighted by Crippen LogP contribution is 2.27. The Kier molecular flexibility index (Phi) is 5.38. The van der Waals surface area contributed by atoms with Gasteiger partial charge in [0.25, 0.3) is 0 Å². The highest BCUT2D eigenvalue weighted by atomic mass is 79.9. The second-order valence-corrected chi connectivity index (χ2v) is 8.29. The van der Waals surface area contributed by atoms with Crippen molar-refractivity contribution in [3.8, 4) is 21.8 Å². The van der Waals surface area contributed by atoms with Gasteiger partial charge in [0.05, 0.1) is 17.8 Å². The number of amides is 1. The maximum atomic E-state index is 12.3. The van der Waals surface area contributed by atoms with Crippen molar-refractivity contribution in [3.63, 3.8) is 0 Å². The molecule has 0 aliphatic carbocycles. The molecule has 8 heteroatoms. The fraction of sp³-hybridized carbons (Fsp3) is 0.0526. The van der Waals surface area contributed by atoms with Crippen LogP contribution in [0.2, 0.25) is 0 Å². The monoisotopic (exact) mass is 456 g/mol. The van der Waals surface area contributed by atoms with Crippen molar-refractivity contribution in [2.75, 3.05) is 5.32 Å². The normalized spacial score (nSPS) is 10.7. The van der Waals surface area contributed by atoms with Crippen molar-refractivity contribution < 1.29 is 4.79 Å². The summed E-state index contributed by atoms with van der Waals surface area (Å²) in [6, 6.07) is 11.7. The molecule has 0 bridgehead atoms. The summed E-state index contributed by atoms with van der Waals surface area (Å²) in [6.07, 6.45) is 3.70. The number of carbonyl (C=O) groups is 1. The minimum absolute atomic E-state index is 0.131. The van der Waals surface area contributed by atoms with E-state index in [0.29, 0.717) is 5.13 Å². The molecule has 3 heterocycles. The maximum Gasteiger partial charge on any atom is 0.232 e. The van der Waals surface area contributed by atoms with Crippen LogP contribution < -0.4 is 5.32 Å². The molecule has 0 fully saturated rings. The highest BCUT2D eigenvalue weighted by molar-refractivity contribution is 9.10. The Labute approximate surface area is 172 Å². The summed E-state index contributed by atoms with van der Waals surface area (Å²) in [5, 5.41) is 8.12. The SMILES string of the molecule is O=C(Cc1csc(-c2cccnc2)n1)Nc1nc(-c2cccc(Br)c2)cs1. The lowest BCUT2D eigenvalue weighted by Gasteiger charge is -2.00. The van der Waals surface area contributed by atoms with Gasteiger partial charge in [-0.25, -0.2) is 9.97 Å². The van der Waals surface area contributed by atoms with Gasteiger partial charge in [-0.15, -0.1) is 22.7 Å². The van der Waals surface area contributed by atoms with Crippen molar-refractivity contribution in [2.24, 2.45) is 0 Å². The number of anilines is 1. The van der Waals surface area contributed by atoms with E-state index < -0.39 is 0 Å². The summed E-state index contributed by atoms with van der Waals surface area (Å²) in [5.41, 5.74) is 3.53. The number of halogens is 1. The lowest BCUT2D eigenvalue weighted by atomic mass is 10.2. The average Bonchev–Trinajstić information content (AvgIpc) is 3.32.